The molecule has 1 aromatic carbocycles. The van der Waals surface area contributed by atoms with E-state index in [0.717, 1.165) is 0 Å². The largest absolute Gasteiger partial charge is 0.481 e. The number of benzene rings is 1. The maximum absolute atomic E-state index is 11.0. The third-order valence-corrected chi connectivity index (χ3v) is 3.15. The van der Waals surface area contributed by atoms with Gasteiger partial charge in [-0.05, 0) is 24.0 Å². The Hall–Kier alpha value is -1.84. The molecule has 0 radical (unpaired) electrons. The molecule has 2 unspecified atom stereocenters. The van der Waals surface area contributed by atoms with Gasteiger partial charge in [-0.1, -0.05) is 38.1 Å². The molecule has 4 nitrogen and oxygen atoms in total. The Morgan fingerprint density at radius 1 is 0.889 bits per heavy atom. The third-order valence-electron chi connectivity index (χ3n) is 3.15. The van der Waals surface area contributed by atoms with Crippen LogP contribution in [0.25, 0.3) is 0 Å². The van der Waals surface area contributed by atoms with Crippen LogP contribution < -0.4 is 0 Å². The smallest absolute Gasteiger partial charge is 0.310 e. The van der Waals surface area contributed by atoms with Crippen LogP contribution in [0.3, 0.4) is 0 Å². The Kier molecular flexibility index (Phi) is 4.89. The van der Waals surface area contributed by atoms with Gasteiger partial charge in [-0.15, -0.1) is 0 Å². The minimum absolute atomic E-state index is 0.519. The van der Waals surface area contributed by atoms with E-state index in [9.17, 15) is 9.59 Å². The monoisotopic (exact) mass is 250 g/mol. The SMILES string of the molecule is CCC(C(=O)O)c1ccc(C(CC)C(=O)O)cc1. The second kappa shape index (κ2) is 6.19. The van der Waals surface area contributed by atoms with Crippen LogP contribution >= 0.6 is 0 Å². The first-order chi connectivity index (χ1) is 8.51. The van der Waals surface area contributed by atoms with Crippen molar-refractivity contribution in [3.8, 4) is 0 Å². The van der Waals surface area contributed by atoms with E-state index in [-0.39, 0.29) is 0 Å². The number of hydrogen-bond acceptors (Lipinski definition) is 2. The summed E-state index contributed by atoms with van der Waals surface area (Å²) in [6, 6.07) is 6.85. The fourth-order valence-electron chi connectivity index (χ4n) is 2.07. The van der Waals surface area contributed by atoms with Crippen LogP contribution in [0.15, 0.2) is 24.3 Å². The van der Waals surface area contributed by atoms with E-state index < -0.39 is 23.8 Å². The van der Waals surface area contributed by atoms with Crippen LogP contribution in [0.5, 0.6) is 0 Å². The molecular formula is C14H18O4. The molecule has 0 saturated carbocycles. The van der Waals surface area contributed by atoms with Crippen molar-refractivity contribution in [2.45, 2.75) is 38.5 Å². The first-order valence-corrected chi connectivity index (χ1v) is 6.06. The van der Waals surface area contributed by atoms with Gasteiger partial charge in [0.15, 0.2) is 0 Å². The lowest BCUT2D eigenvalue weighted by molar-refractivity contribution is -0.139. The van der Waals surface area contributed by atoms with E-state index in [4.69, 9.17) is 10.2 Å². The van der Waals surface area contributed by atoms with Crippen LogP contribution in [-0.4, -0.2) is 22.2 Å². The molecule has 0 bridgehead atoms. The molecule has 0 aliphatic rings. The highest BCUT2D eigenvalue weighted by atomic mass is 16.4. The molecule has 2 atom stereocenters. The lowest BCUT2D eigenvalue weighted by Crippen LogP contribution is -2.12. The number of hydrogen-bond donors (Lipinski definition) is 2. The van der Waals surface area contributed by atoms with Gasteiger partial charge in [0.1, 0.15) is 0 Å². The summed E-state index contributed by atoms with van der Waals surface area (Å²) >= 11 is 0. The molecule has 0 spiro atoms. The standard InChI is InChI=1S/C14H18O4/c1-3-11(13(15)16)9-5-7-10(8-6-9)12(4-2)14(17)18/h5-8,11-12H,3-4H2,1-2H3,(H,15,16)(H,17,18). The Morgan fingerprint density at radius 2 is 1.17 bits per heavy atom. The van der Waals surface area contributed by atoms with Crippen molar-refractivity contribution in [2.24, 2.45) is 0 Å². The molecule has 0 aliphatic carbocycles. The maximum atomic E-state index is 11.0. The number of aliphatic carboxylic acids is 2. The van der Waals surface area contributed by atoms with Crippen molar-refractivity contribution in [3.63, 3.8) is 0 Å². The van der Waals surface area contributed by atoms with Crippen LogP contribution in [0.4, 0.5) is 0 Å². The maximum Gasteiger partial charge on any atom is 0.310 e. The fraction of sp³-hybridized carbons (Fsp3) is 0.429. The Balaban J connectivity index is 2.98. The van der Waals surface area contributed by atoms with Crippen molar-refractivity contribution in [3.05, 3.63) is 35.4 Å². The summed E-state index contributed by atoms with van der Waals surface area (Å²) < 4.78 is 0. The summed E-state index contributed by atoms with van der Waals surface area (Å²) in [5.74, 6) is -2.75. The fourth-order valence-corrected chi connectivity index (χ4v) is 2.07. The van der Waals surface area contributed by atoms with Crippen LogP contribution in [0, 0.1) is 0 Å². The van der Waals surface area contributed by atoms with Crippen molar-refractivity contribution < 1.29 is 19.8 Å². The number of carbonyl (C=O) groups is 2. The number of carboxylic acids is 2. The molecule has 0 fully saturated rings. The minimum Gasteiger partial charge on any atom is -0.481 e. The summed E-state index contributed by atoms with van der Waals surface area (Å²) in [7, 11) is 0. The molecule has 2 N–H and O–H groups in total. The summed E-state index contributed by atoms with van der Waals surface area (Å²) in [4.78, 5) is 22.0. The van der Waals surface area contributed by atoms with Gasteiger partial charge < -0.3 is 10.2 Å². The molecule has 0 aliphatic heterocycles. The van der Waals surface area contributed by atoms with Gasteiger partial charge in [0.25, 0.3) is 0 Å². The quantitative estimate of drug-likeness (QED) is 0.814. The van der Waals surface area contributed by atoms with E-state index in [2.05, 4.69) is 0 Å². The second-order valence-corrected chi connectivity index (χ2v) is 4.26. The predicted molar refractivity (Wildman–Crippen MR) is 67.8 cm³/mol. The highest BCUT2D eigenvalue weighted by molar-refractivity contribution is 5.77. The van der Waals surface area contributed by atoms with Crippen molar-refractivity contribution in [1.82, 2.24) is 0 Å². The van der Waals surface area contributed by atoms with E-state index >= 15 is 0 Å². The Bertz CT molecular complexity index is 381. The first kappa shape index (κ1) is 14.2. The van der Waals surface area contributed by atoms with E-state index in [0.29, 0.717) is 24.0 Å². The third kappa shape index (κ3) is 3.09. The Labute approximate surface area is 106 Å². The predicted octanol–water partition coefficient (Wildman–Crippen LogP) is 2.84. The molecule has 1 rings (SSSR count). The van der Waals surface area contributed by atoms with Gasteiger partial charge >= 0.3 is 11.9 Å². The molecule has 0 heterocycles. The molecule has 0 aromatic heterocycles. The molecule has 0 saturated heterocycles. The van der Waals surface area contributed by atoms with E-state index in [1.165, 1.54) is 0 Å². The highest BCUT2D eigenvalue weighted by Gasteiger charge is 2.20. The van der Waals surface area contributed by atoms with Crippen LogP contribution in [0.1, 0.15) is 49.7 Å². The van der Waals surface area contributed by atoms with E-state index in [1.54, 1.807) is 24.3 Å². The second-order valence-electron chi connectivity index (χ2n) is 4.26. The summed E-state index contributed by atoms with van der Waals surface area (Å²) in [6.07, 6.45) is 1.04. The normalized spacial score (nSPS) is 13.9. The van der Waals surface area contributed by atoms with Gasteiger partial charge in [0.2, 0.25) is 0 Å². The van der Waals surface area contributed by atoms with Crippen molar-refractivity contribution >= 4 is 11.9 Å². The Morgan fingerprint density at radius 3 is 1.33 bits per heavy atom. The number of rotatable bonds is 6. The van der Waals surface area contributed by atoms with Gasteiger partial charge in [-0.25, -0.2) is 0 Å². The minimum atomic E-state index is -0.851. The average Bonchev–Trinajstić information content (AvgIpc) is 2.32. The molecular weight excluding hydrogens is 232 g/mol. The van der Waals surface area contributed by atoms with E-state index in [1.807, 2.05) is 13.8 Å². The van der Waals surface area contributed by atoms with Crippen LogP contribution in [0.2, 0.25) is 0 Å². The highest BCUT2D eigenvalue weighted by Crippen LogP contribution is 2.24. The van der Waals surface area contributed by atoms with Crippen molar-refractivity contribution in [1.29, 1.82) is 0 Å². The summed E-state index contributed by atoms with van der Waals surface area (Å²) in [5.41, 5.74) is 1.43. The van der Waals surface area contributed by atoms with Gasteiger partial charge in [0.05, 0.1) is 11.8 Å². The molecule has 0 amide bonds. The first-order valence-electron chi connectivity index (χ1n) is 6.06. The lowest BCUT2D eigenvalue weighted by Gasteiger charge is -2.13. The molecule has 4 heteroatoms. The zero-order valence-corrected chi connectivity index (χ0v) is 10.6. The zero-order chi connectivity index (χ0) is 13.7. The zero-order valence-electron chi connectivity index (χ0n) is 10.6. The summed E-state index contributed by atoms with van der Waals surface area (Å²) in [6.45, 7) is 3.64. The van der Waals surface area contributed by atoms with Gasteiger partial charge in [-0.3, -0.25) is 9.59 Å². The van der Waals surface area contributed by atoms with Crippen LogP contribution in [-0.2, 0) is 9.59 Å². The van der Waals surface area contributed by atoms with Crippen molar-refractivity contribution in [2.75, 3.05) is 0 Å². The van der Waals surface area contributed by atoms with Gasteiger partial charge in [-0.2, -0.15) is 0 Å². The molecule has 18 heavy (non-hydrogen) atoms. The molecule has 98 valence electrons. The number of carboxylic acid groups (broad SMARTS) is 2. The van der Waals surface area contributed by atoms with Gasteiger partial charge in [0, 0.05) is 0 Å². The topological polar surface area (TPSA) is 74.6 Å². The average molecular weight is 250 g/mol. The summed E-state index contributed by atoms with van der Waals surface area (Å²) in [5, 5.41) is 18.1. The molecule has 1 aromatic rings. The lowest BCUT2D eigenvalue weighted by atomic mass is 9.91.